The molecular weight excluding hydrogens is 278 g/mol. The number of carbonyl (C=O) groups excluding carboxylic acids is 2. The predicted octanol–water partition coefficient (Wildman–Crippen LogP) is 1.49. The van der Waals surface area contributed by atoms with Gasteiger partial charge in [0.2, 0.25) is 11.8 Å². The fourth-order valence-electron chi connectivity index (χ4n) is 2.86. The van der Waals surface area contributed by atoms with Gasteiger partial charge in [0.15, 0.2) is 0 Å². The molecule has 2 fully saturated rings. The molecule has 118 valence electrons. The Morgan fingerprint density at radius 3 is 2.18 bits per heavy atom. The summed E-state index contributed by atoms with van der Waals surface area (Å²) in [6.07, 6.45) is 1.33. The van der Waals surface area contributed by atoms with Gasteiger partial charge in [0.05, 0.1) is 0 Å². The summed E-state index contributed by atoms with van der Waals surface area (Å²) in [7, 11) is 2.05. The number of aryl methyl sites for hydroxylation is 1. The molecule has 0 aromatic heterocycles. The fourth-order valence-corrected chi connectivity index (χ4v) is 2.86. The lowest BCUT2D eigenvalue weighted by molar-refractivity contribution is -0.143. The number of benzene rings is 1. The molecule has 1 aliphatic carbocycles. The van der Waals surface area contributed by atoms with Crippen LogP contribution in [-0.2, 0) is 9.59 Å². The number of carbonyl (C=O) groups is 2. The van der Waals surface area contributed by atoms with Gasteiger partial charge >= 0.3 is 0 Å². The molecule has 22 heavy (non-hydrogen) atoms. The Hall–Kier alpha value is -1.88. The van der Waals surface area contributed by atoms with Crippen molar-refractivity contribution in [2.24, 2.45) is 5.41 Å². The van der Waals surface area contributed by atoms with Crippen LogP contribution in [0.3, 0.4) is 0 Å². The lowest BCUT2D eigenvalue weighted by Gasteiger charge is -2.34. The number of hydrogen-bond acceptors (Lipinski definition) is 3. The van der Waals surface area contributed by atoms with E-state index in [0.29, 0.717) is 12.8 Å². The van der Waals surface area contributed by atoms with Crippen molar-refractivity contribution >= 4 is 17.5 Å². The van der Waals surface area contributed by atoms with Gasteiger partial charge in [-0.25, -0.2) is 0 Å². The van der Waals surface area contributed by atoms with E-state index < -0.39 is 5.41 Å². The molecule has 1 aromatic carbocycles. The molecule has 0 spiro atoms. The van der Waals surface area contributed by atoms with Gasteiger partial charge in [-0.05, 0) is 38.9 Å². The molecule has 1 heterocycles. The summed E-state index contributed by atoms with van der Waals surface area (Å²) in [6, 6.07) is 7.67. The second kappa shape index (κ2) is 5.72. The minimum atomic E-state index is -0.819. The number of rotatable bonds is 3. The molecule has 1 saturated heterocycles. The largest absolute Gasteiger partial charge is 0.339 e. The molecule has 1 N–H and O–H groups in total. The Kier molecular flexibility index (Phi) is 3.91. The highest BCUT2D eigenvalue weighted by Gasteiger charge is 2.58. The Morgan fingerprint density at radius 1 is 1.05 bits per heavy atom. The zero-order valence-corrected chi connectivity index (χ0v) is 13.3. The maximum absolute atomic E-state index is 12.7. The Bertz CT molecular complexity index is 570. The third kappa shape index (κ3) is 2.86. The average Bonchev–Trinajstić information content (AvgIpc) is 3.31. The van der Waals surface area contributed by atoms with E-state index in [9.17, 15) is 9.59 Å². The topological polar surface area (TPSA) is 52.7 Å². The highest BCUT2D eigenvalue weighted by Crippen LogP contribution is 2.48. The molecular formula is C17H23N3O2. The first-order chi connectivity index (χ1) is 10.5. The van der Waals surface area contributed by atoms with Crippen molar-refractivity contribution in [2.45, 2.75) is 19.8 Å². The highest BCUT2D eigenvalue weighted by molar-refractivity contribution is 6.13. The van der Waals surface area contributed by atoms with E-state index in [1.54, 1.807) is 0 Å². The third-order valence-electron chi connectivity index (χ3n) is 4.69. The molecule has 1 aromatic rings. The van der Waals surface area contributed by atoms with Crippen LogP contribution in [-0.4, -0.2) is 54.8 Å². The number of anilines is 1. The summed E-state index contributed by atoms with van der Waals surface area (Å²) in [4.78, 5) is 29.3. The Labute approximate surface area is 131 Å². The summed E-state index contributed by atoms with van der Waals surface area (Å²) < 4.78 is 0. The summed E-state index contributed by atoms with van der Waals surface area (Å²) in [5, 5.41) is 2.90. The minimum absolute atomic E-state index is 0.00483. The lowest BCUT2D eigenvalue weighted by atomic mass is 10.0. The maximum atomic E-state index is 12.7. The number of likely N-dealkylation sites (N-methyl/N-ethyl adjacent to an activating group) is 1. The van der Waals surface area contributed by atoms with E-state index in [-0.39, 0.29) is 11.8 Å². The van der Waals surface area contributed by atoms with Crippen LogP contribution < -0.4 is 5.32 Å². The predicted molar refractivity (Wildman–Crippen MR) is 85.6 cm³/mol. The standard InChI is InChI=1S/C17H23N3O2/c1-13-3-5-14(6-4-13)18-15(21)17(7-8-17)16(22)20-11-9-19(2)10-12-20/h3-6H,7-12H2,1-2H3,(H,18,21). The molecule has 0 unspecified atom stereocenters. The highest BCUT2D eigenvalue weighted by atomic mass is 16.2. The zero-order chi connectivity index (χ0) is 15.7. The Balaban J connectivity index is 1.66. The molecule has 3 rings (SSSR count). The van der Waals surface area contributed by atoms with Crippen molar-refractivity contribution in [3.05, 3.63) is 29.8 Å². The van der Waals surface area contributed by atoms with Crippen molar-refractivity contribution in [3.63, 3.8) is 0 Å². The first-order valence-corrected chi connectivity index (χ1v) is 7.87. The van der Waals surface area contributed by atoms with Gasteiger partial charge in [-0.3, -0.25) is 9.59 Å². The van der Waals surface area contributed by atoms with E-state index >= 15 is 0 Å². The SMILES string of the molecule is Cc1ccc(NC(=O)C2(C(=O)N3CCN(C)CC3)CC2)cc1. The molecule has 0 atom stereocenters. The van der Waals surface area contributed by atoms with Crippen LogP contribution in [0.1, 0.15) is 18.4 Å². The normalized spacial score (nSPS) is 20.5. The number of piperazine rings is 1. The zero-order valence-electron chi connectivity index (χ0n) is 13.3. The van der Waals surface area contributed by atoms with Gasteiger partial charge in [0.25, 0.3) is 0 Å². The van der Waals surface area contributed by atoms with Crippen molar-refractivity contribution in [1.29, 1.82) is 0 Å². The molecule has 2 amide bonds. The number of amides is 2. The minimum Gasteiger partial charge on any atom is -0.339 e. The average molecular weight is 301 g/mol. The summed E-state index contributed by atoms with van der Waals surface area (Å²) in [5.74, 6) is -0.148. The number of nitrogens with zero attached hydrogens (tertiary/aromatic N) is 2. The van der Waals surface area contributed by atoms with E-state index in [0.717, 1.165) is 37.4 Å². The molecule has 1 saturated carbocycles. The van der Waals surface area contributed by atoms with Gasteiger partial charge in [0, 0.05) is 31.9 Å². The lowest BCUT2D eigenvalue weighted by Crippen LogP contribution is -2.51. The smallest absolute Gasteiger partial charge is 0.240 e. The third-order valence-corrected chi connectivity index (χ3v) is 4.69. The van der Waals surface area contributed by atoms with E-state index in [2.05, 4.69) is 17.3 Å². The van der Waals surface area contributed by atoms with Gasteiger partial charge in [-0.15, -0.1) is 0 Å². The summed E-state index contributed by atoms with van der Waals surface area (Å²) >= 11 is 0. The van der Waals surface area contributed by atoms with Crippen molar-refractivity contribution in [3.8, 4) is 0 Å². The monoisotopic (exact) mass is 301 g/mol. The van der Waals surface area contributed by atoms with Crippen LogP contribution in [0.15, 0.2) is 24.3 Å². The van der Waals surface area contributed by atoms with Crippen LogP contribution in [0.2, 0.25) is 0 Å². The number of nitrogens with one attached hydrogen (secondary N) is 1. The van der Waals surface area contributed by atoms with Crippen LogP contribution in [0.5, 0.6) is 0 Å². The van der Waals surface area contributed by atoms with Crippen molar-refractivity contribution < 1.29 is 9.59 Å². The maximum Gasteiger partial charge on any atom is 0.240 e. The van der Waals surface area contributed by atoms with Crippen LogP contribution >= 0.6 is 0 Å². The van der Waals surface area contributed by atoms with Gasteiger partial charge in [0.1, 0.15) is 5.41 Å². The van der Waals surface area contributed by atoms with E-state index in [4.69, 9.17) is 0 Å². The van der Waals surface area contributed by atoms with Gasteiger partial charge < -0.3 is 15.1 Å². The quantitative estimate of drug-likeness (QED) is 0.861. The van der Waals surface area contributed by atoms with Crippen LogP contribution in [0.25, 0.3) is 0 Å². The van der Waals surface area contributed by atoms with Crippen LogP contribution in [0.4, 0.5) is 5.69 Å². The fraction of sp³-hybridized carbons (Fsp3) is 0.529. The van der Waals surface area contributed by atoms with E-state index in [1.165, 1.54) is 0 Å². The molecule has 2 aliphatic rings. The molecule has 1 aliphatic heterocycles. The molecule has 5 heteroatoms. The number of hydrogen-bond donors (Lipinski definition) is 1. The summed E-state index contributed by atoms with van der Waals surface area (Å²) in [5.41, 5.74) is 1.08. The first-order valence-electron chi connectivity index (χ1n) is 7.87. The molecule has 0 radical (unpaired) electrons. The molecule has 5 nitrogen and oxygen atoms in total. The van der Waals surface area contributed by atoms with E-state index in [1.807, 2.05) is 36.1 Å². The van der Waals surface area contributed by atoms with Gasteiger partial charge in [-0.2, -0.15) is 0 Å². The van der Waals surface area contributed by atoms with Crippen molar-refractivity contribution in [2.75, 3.05) is 38.5 Å². The molecule has 0 bridgehead atoms. The van der Waals surface area contributed by atoms with Crippen molar-refractivity contribution in [1.82, 2.24) is 9.80 Å². The second-order valence-electron chi connectivity index (χ2n) is 6.50. The van der Waals surface area contributed by atoms with Gasteiger partial charge in [-0.1, -0.05) is 17.7 Å². The Morgan fingerprint density at radius 2 is 1.64 bits per heavy atom. The first kappa shape index (κ1) is 15.0. The second-order valence-corrected chi connectivity index (χ2v) is 6.50. The van der Waals surface area contributed by atoms with Crippen LogP contribution in [0, 0.1) is 12.3 Å². The summed E-state index contributed by atoms with van der Waals surface area (Å²) in [6.45, 7) is 5.19.